The van der Waals surface area contributed by atoms with Gasteiger partial charge in [0.1, 0.15) is 24.7 Å². The molecule has 0 saturated heterocycles. The maximum atomic E-state index is 11.1. The first-order chi connectivity index (χ1) is 13.3. The molecule has 0 unspecified atom stereocenters. The van der Waals surface area contributed by atoms with E-state index in [0.29, 0.717) is 11.5 Å². The van der Waals surface area contributed by atoms with Gasteiger partial charge >= 0.3 is 11.9 Å². The zero-order chi connectivity index (χ0) is 20.8. The SMILES string of the molecule is COc1cc(COC(C)=O)c(Br)cc1-c1cc(Br)c(COC(C)=O)cc1OC. The van der Waals surface area contributed by atoms with Crippen LogP contribution in [0, 0.1) is 0 Å². The minimum Gasteiger partial charge on any atom is -0.496 e. The lowest BCUT2D eigenvalue weighted by Crippen LogP contribution is -2.02. The van der Waals surface area contributed by atoms with Crippen LogP contribution in [0.3, 0.4) is 0 Å². The van der Waals surface area contributed by atoms with E-state index in [-0.39, 0.29) is 25.2 Å². The number of halogens is 2. The van der Waals surface area contributed by atoms with Gasteiger partial charge in [0.15, 0.2) is 0 Å². The summed E-state index contributed by atoms with van der Waals surface area (Å²) in [4.78, 5) is 22.2. The Morgan fingerprint density at radius 2 is 1.11 bits per heavy atom. The molecule has 0 saturated carbocycles. The van der Waals surface area contributed by atoms with Gasteiger partial charge in [-0.25, -0.2) is 0 Å². The van der Waals surface area contributed by atoms with Crippen molar-refractivity contribution in [2.24, 2.45) is 0 Å². The lowest BCUT2D eigenvalue weighted by Gasteiger charge is -2.17. The molecule has 2 rings (SSSR count). The van der Waals surface area contributed by atoms with Crippen molar-refractivity contribution in [2.45, 2.75) is 27.1 Å². The molecular weight excluding hydrogens is 496 g/mol. The Balaban J connectivity index is 2.50. The van der Waals surface area contributed by atoms with E-state index in [1.54, 1.807) is 14.2 Å². The van der Waals surface area contributed by atoms with Gasteiger partial charge in [-0.15, -0.1) is 0 Å². The fraction of sp³-hybridized carbons (Fsp3) is 0.300. The Labute approximate surface area is 180 Å². The van der Waals surface area contributed by atoms with Crippen LogP contribution in [-0.4, -0.2) is 26.2 Å². The quantitative estimate of drug-likeness (QED) is 0.482. The Hall–Kier alpha value is -2.06. The highest BCUT2D eigenvalue weighted by Gasteiger charge is 2.18. The van der Waals surface area contributed by atoms with Crippen molar-refractivity contribution < 1.29 is 28.5 Å². The summed E-state index contributed by atoms with van der Waals surface area (Å²) in [6.45, 7) is 2.99. The number of rotatable bonds is 7. The van der Waals surface area contributed by atoms with Crippen LogP contribution in [0.15, 0.2) is 33.2 Å². The minimum absolute atomic E-state index is 0.134. The number of hydrogen-bond donors (Lipinski definition) is 0. The Bertz CT molecular complexity index is 821. The molecule has 150 valence electrons. The molecule has 2 aromatic carbocycles. The molecule has 28 heavy (non-hydrogen) atoms. The van der Waals surface area contributed by atoms with E-state index in [0.717, 1.165) is 31.2 Å². The summed E-state index contributed by atoms with van der Waals surface area (Å²) in [6.07, 6.45) is 0. The molecule has 0 aliphatic heterocycles. The summed E-state index contributed by atoms with van der Waals surface area (Å²) >= 11 is 7.04. The van der Waals surface area contributed by atoms with Gasteiger partial charge in [0, 0.05) is 45.0 Å². The molecule has 0 aliphatic carbocycles. The molecule has 2 aromatic rings. The molecular formula is C20H20Br2O6. The van der Waals surface area contributed by atoms with E-state index in [9.17, 15) is 9.59 Å². The predicted octanol–water partition coefficient (Wildman–Crippen LogP) is 5.02. The Kier molecular flexibility index (Phi) is 7.88. The van der Waals surface area contributed by atoms with Crippen LogP contribution in [0.2, 0.25) is 0 Å². The second kappa shape index (κ2) is 9.93. The number of benzene rings is 2. The molecule has 0 aromatic heterocycles. The maximum Gasteiger partial charge on any atom is 0.302 e. The van der Waals surface area contributed by atoms with Crippen molar-refractivity contribution in [3.63, 3.8) is 0 Å². The number of esters is 2. The maximum absolute atomic E-state index is 11.1. The minimum atomic E-state index is -0.357. The van der Waals surface area contributed by atoms with Crippen molar-refractivity contribution in [1.82, 2.24) is 0 Å². The predicted molar refractivity (Wildman–Crippen MR) is 111 cm³/mol. The van der Waals surface area contributed by atoms with Gasteiger partial charge < -0.3 is 18.9 Å². The van der Waals surface area contributed by atoms with Crippen LogP contribution in [0.4, 0.5) is 0 Å². The third-order valence-corrected chi connectivity index (χ3v) is 5.37. The molecule has 0 heterocycles. The van der Waals surface area contributed by atoms with Crippen molar-refractivity contribution in [1.29, 1.82) is 0 Å². The molecule has 0 atom stereocenters. The molecule has 0 spiro atoms. The van der Waals surface area contributed by atoms with Gasteiger partial charge in [0.05, 0.1) is 14.2 Å². The van der Waals surface area contributed by atoms with E-state index in [2.05, 4.69) is 31.9 Å². The second-order valence-corrected chi connectivity index (χ2v) is 7.56. The normalized spacial score (nSPS) is 10.4. The van der Waals surface area contributed by atoms with Crippen LogP contribution in [0.5, 0.6) is 11.5 Å². The molecule has 6 nitrogen and oxygen atoms in total. The third-order valence-electron chi connectivity index (χ3n) is 3.89. The van der Waals surface area contributed by atoms with Gasteiger partial charge in [-0.05, 0) is 24.3 Å². The second-order valence-electron chi connectivity index (χ2n) is 5.85. The third kappa shape index (κ3) is 5.48. The van der Waals surface area contributed by atoms with Crippen molar-refractivity contribution >= 4 is 43.8 Å². The largest absolute Gasteiger partial charge is 0.496 e. The van der Waals surface area contributed by atoms with Crippen molar-refractivity contribution in [3.05, 3.63) is 44.3 Å². The first kappa shape index (κ1) is 22.2. The summed E-state index contributed by atoms with van der Waals surface area (Å²) in [5, 5.41) is 0. The topological polar surface area (TPSA) is 71.1 Å². The zero-order valence-corrected chi connectivity index (χ0v) is 19.1. The highest BCUT2D eigenvalue weighted by Crippen LogP contribution is 2.42. The first-order valence-electron chi connectivity index (χ1n) is 8.26. The molecule has 0 aliphatic rings. The number of carbonyl (C=O) groups is 2. The smallest absolute Gasteiger partial charge is 0.302 e. The monoisotopic (exact) mass is 514 g/mol. The molecule has 8 heteroatoms. The average Bonchev–Trinajstić information content (AvgIpc) is 2.65. The van der Waals surface area contributed by atoms with Gasteiger partial charge in [-0.3, -0.25) is 9.59 Å². The standard InChI is InChI=1S/C20H20Br2O6/c1-11(23)27-9-13-5-19(25-3)15(7-17(13)21)16-8-18(22)14(6-20(16)26-4)10-28-12(2)24/h5-8H,9-10H2,1-4H3. The highest BCUT2D eigenvalue weighted by atomic mass is 79.9. The number of ether oxygens (including phenoxy) is 4. The fourth-order valence-corrected chi connectivity index (χ4v) is 3.45. The Morgan fingerprint density at radius 1 is 0.750 bits per heavy atom. The van der Waals surface area contributed by atoms with Crippen LogP contribution in [0.25, 0.3) is 11.1 Å². The molecule has 0 bridgehead atoms. The molecule has 0 fully saturated rings. The molecule has 0 N–H and O–H groups in total. The first-order valence-corrected chi connectivity index (χ1v) is 9.85. The average molecular weight is 516 g/mol. The fourth-order valence-electron chi connectivity index (χ4n) is 2.53. The van der Waals surface area contributed by atoms with Crippen LogP contribution >= 0.6 is 31.9 Å². The van der Waals surface area contributed by atoms with Gasteiger partial charge in [-0.2, -0.15) is 0 Å². The van der Waals surface area contributed by atoms with Crippen LogP contribution in [0.1, 0.15) is 25.0 Å². The number of carbonyl (C=O) groups excluding carboxylic acids is 2. The van der Waals surface area contributed by atoms with Gasteiger partial charge in [0.25, 0.3) is 0 Å². The van der Waals surface area contributed by atoms with E-state index in [1.807, 2.05) is 24.3 Å². The van der Waals surface area contributed by atoms with E-state index in [4.69, 9.17) is 18.9 Å². The lowest BCUT2D eigenvalue weighted by atomic mass is 10.00. The zero-order valence-electron chi connectivity index (χ0n) is 15.9. The Morgan fingerprint density at radius 3 is 1.39 bits per heavy atom. The molecule has 0 amide bonds. The van der Waals surface area contributed by atoms with E-state index < -0.39 is 0 Å². The van der Waals surface area contributed by atoms with Gasteiger partial charge in [-0.1, -0.05) is 31.9 Å². The summed E-state index contributed by atoms with van der Waals surface area (Å²) in [5.41, 5.74) is 3.13. The van der Waals surface area contributed by atoms with Crippen LogP contribution < -0.4 is 9.47 Å². The summed E-state index contributed by atoms with van der Waals surface area (Å²) in [7, 11) is 3.14. The van der Waals surface area contributed by atoms with Crippen molar-refractivity contribution in [2.75, 3.05) is 14.2 Å². The number of hydrogen-bond acceptors (Lipinski definition) is 6. The summed E-state index contributed by atoms with van der Waals surface area (Å²) in [5.74, 6) is 0.486. The summed E-state index contributed by atoms with van der Waals surface area (Å²) < 4.78 is 22.8. The number of methoxy groups -OCH3 is 2. The van der Waals surface area contributed by atoms with Gasteiger partial charge in [0.2, 0.25) is 0 Å². The molecule has 0 radical (unpaired) electrons. The summed E-state index contributed by atoms with van der Waals surface area (Å²) in [6, 6.07) is 7.38. The lowest BCUT2D eigenvalue weighted by molar-refractivity contribution is -0.143. The van der Waals surface area contributed by atoms with E-state index in [1.165, 1.54) is 13.8 Å². The van der Waals surface area contributed by atoms with Crippen molar-refractivity contribution in [3.8, 4) is 22.6 Å². The highest BCUT2D eigenvalue weighted by molar-refractivity contribution is 9.10. The van der Waals surface area contributed by atoms with E-state index >= 15 is 0 Å². The van der Waals surface area contributed by atoms with Crippen LogP contribution in [-0.2, 0) is 32.3 Å².